The number of piperazine rings is 1. The molecule has 2 rings (SSSR count). The van der Waals surface area contributed by atoms with Crippen molar-refractivity contribution in [3.63, 3.8) is 0 Å². The summed E-state index contributed by atoms with van der Waals surface area (Å²) in [6.07, 6.45) is 0. The number of rotatable bonds is 5. The summed E-state index contributed by atoms with van der Waals surface area (Å²) in [7, 11) is 1.50. The van der Waals surface area contributed by atoms with E-state index in [2.05, 4.69) is 21.2 Å². The summed E-state index contributed by atoms with van der Waals surface area (Å²) in [6, 6.07) is 3.81. The second-order valence-corrected chi connectivity index (χ2v) is 5.85. The van der Waals surface area contributed by atoms with Crippen LogP contribution in [0.1, 0.15) is 11.6 Å². The largest absolute Gasteiger partial charge is 0.497 e. The van der Waals surface area contributed by atoms with E-state index in [1.807, 2.05) is 0 Å². The van der Waals surface area contributed by atoms with Crippen molar-refractivity contribution < 1.29 is 18.6 Å². The Morgan fingerprint density at radius 1 is 1.43 bits per heavy atom. The van der Waals surface area contributed by atoms with Crippen molar-refractivity contribution in [2.24, 2.45) is 0 Å². The number of nitrogens with one attached hydrogen (secondary N) is 1. The van der Waals surface area contributed by atoms with Crippen LogP contribution in [0.15, 0.2) is 22.7 Å². The van der Waals surface area contributed by atoms with Crippen molar-refractivity contribution in [3.05, 3.63) is 28.2 Å². The van der Waals surface area contributed by atoms with Crippen molar-refractivity contribution in [1.82, 2.24) is 10.2 Å². The number of ether oxygens (including phenoxy) is 1. The number of hydrogen-bond donors (Lipinski definition) is 2. The Balaban J connectivity index is 2.43. The van der Waals surface area contributed by atoms with Crippen LogP contribution in [0.3, 0.4) is 0 Å². The SMILES string of the molecule is COc1ccc(Br)c([C@H](N2CCNCC2)C(F)(F)CO)c1. The Hall–Kier alpha value is -0.760. The summed E-state index contributed by atoms with van der Waals surface area (Å²) in [6.45, 7) is 1.12. The molecular formula is C14H19BrF2N2O2. The van der Waals surface area contributed by atoms with Gasteiger partial charge in [-0.05, 0) is 23.8 Å². The van der Waals surface area contributed by atoms with Crippen LogP contribution in [0.5, 0.6) is 5.75 Å². The van der Waals surface area contributed by atoms with Crippen LogP contribution in [-0.4, -0.2) is 55.8 Å². The molecule has 1 fully saturated rings. The predicted molar refractivity (Wildman–Crippen MR) is 79.9 cm³/mol. The van der Waals surface area contributed by atoms with Gasteiger partial charge in [0.25, 0.3) is 5.92 Å². The number of alkyl halides is 2. The molecule has 0 bridgehead atoms. The van der Waals surface area contributed by atoms with E-state index in [1.54, 1.807) is 23.1 Å². The molecule has 1 heterocycles. The zero-order chi connectivity index (χ0) is 15.5. The van der Waals surface area contributed by atoms with Crippen LogP contribution in [0.25, 0.3) is 0 Å². The first-order chi connectivity index (χ1) is 9.99. The lowest BCUT2D eigenvalue weighted by atomic mass is 9.98. The van der Waals surface area contributed by atoms with Gasteiger partial charge in [-0.25, -0.2) is 8.78 Å². The average molecular weight is 365 g/mol. The highest BCUT2D eigenvalue weighted by molar-refractivity contribution is 9.10. The highest BCUT2D eigenvalue weighted by atomic mass is 79.9. The normalized spacial score (nSPS) is 18.5. The van der Waals surface area contributed by atoms with Gasteiger partial charge in [0.2, 0.25) is 0 Å². The summed E-state index contributed by atoms with van der Waals surface area (Å²) < 4.78 is 34.4. The maximum atomic E-state index is 14.3. The minimum Gasteiger partial charge on any atom is -0.497 e. The number of nitrogens with zero attached hydrogens (tertiary/aromatic N) is 1. The van der Waals surface area contributed by atoms with E-state index in [-0.39, 0.29) is 0 Å². The van der Waals surface area contributed by atoms with Gasteiger partial charge in [0.1, 0.15) is 18.4 Å². The monoisotopic (exact) mass is 364 g/mol. The first-order valence-electron chi connectivity index (χ1n) is 6.76. The molecule has 21 heavy (non-hydrogen) atoms. The molecule has 1 aliphatic heterocycles. The maximum Gasteiger partial charge on any atom is 0.289 e. The van der Waals surface area contributed by atoms with Crippen molar-refractivity contribution in [2.45, 2.75) is 12.0 Å². The van der Waals surface area contributed by atoms with Crippen molar-refractivity contribution >= 4 is 15.9 Å². The predicted octanol–water partition coefficient (Wildman–Crippen LogP) is 2.03. The molecule has 1 saturated heterocycles. The van der Waals surface area contributed by atoms with Gasteiger partial charge in [-0.15, -0.1) is 0 Å². The lowest BCUT2D eigenvalue weighted by Crippen LogP contribution is -2.51. The van der Waals surface area contributed by atoms with Crippen molar-refractivity contribution in [1.29, 1.82) is 0 Å². The number of benzene rings is 1. The van der Waals surface area contributed by atoms with E-state index in [0.717, 1.165) is 0 Å². The number of hydrogen-bond acceptors (Lipinski definition) is 4. The Kier molecular flexibility index (Phi) is 5.54. The van der Waals surface area contributed by atoms with Crippen LogP contribution in [0, 0.1) is 0 Å². The molecule has 0 radical (unpaired) electrons. The number of aliphatic hydroxyl groups is 1. The molecule has 0 aromatic heterocycles. The summed E-state index contributed by atoms with van der Waals surface area (Å²) >= 11 is 3.34. The fourth-order valence-corrected chi connectivity index (χ4v) is 3.04. The first kappa shape index (κ1) is 16.6. The van der Waals surface area contributed by atoms with Gasteiger partial charge >= 0.3 is 0 Å². The lowest BCUT2D eigenvalue weighted by Gasteiger charge is -2.39. The molecule has 0 amide bonds. The van der Waals surface area contributed by atoms with E-state index in [0.29, 0.717) is 42.0 Å². The molecule has 4 nitrogen and oxygen atoms in total. The molecule has 0 spiro atoms. The summed E-state index contributed by atoms with van der Waals surface area (Å²) in [5.74, 6) is -2.71. The Morgan fingerprint density at radius 2 is 2.10 bits per heavy atom. The van der Waals surface area contributed by atoms with Crippen LogP contribution < -0.4 is 10.1 Å². The second-order valence-electron chi connectivity index (χ2n) is 5.00. The zero-order valence-corrected chi connectivity index (χ0v) is 13.4. The van der Waals surface area contributed by atoms with E-state index < -0.39 is 18.6 Å². The molecule has 118 valence electrons. The minimum atomic E-state index is -3.23. The highest BCUT2D eigenvalue weighted by Gasteiger charge is 2.44. The highest BCUT2D eigenvalue weighted by Crippen LogP contribution is 2.40. The standard InChI is InChI=1S/C14H19BrF2N2O2/c1-21-10-2-3-12(15)11(8-10)13(14(16,17)9-20)19-6-4-18-5-7-19/h2-3,8,13,18,20H,4-7,9H2,1H3/t13-/m0/s1. The quantitative estimate of drug-likeness (QED) is 0.838. The molecule has 7 heteroatoms. The van der Waals surface area contributed by atoms with Crippen LogP contribution in [-0.2, 0) is 0 Å². The maximum absolute atomic E-state index is 14.3. The minimum absolute atomic E-state index is 0.426. The molecule has 0 aliphatic carbocycles. The van der Waals surface area contributed by atoms with Crippen LogP contribution >= 0.6 is 15.9 Å². The summed E-state index contributed by atoms with van der Waals surface area (Å²) in [5, 5.41) is 12.3. The van der Waals surface area contributed by atoms with Crippen molar-refractivity contribution in [2.75, 3.05) is 39.9 Å². The number of halogens is 3. The van der Waals surface area contributed by atoms with Gasteiger partial charge in [0.05, 0.1) is 7.11 Å². The first-order valence-corrected chi connectivity index (χ1v) is 7.56. The Bertz CT molecular complexity index is 482. The fraction of sp³-hybridized carbons (Fsp3) is 0.571. The summed E-state index contributed by atoms with van der Waals surface area (Å²) in [5.41, 5.74) is 0.426. The van der Waals surface area contributed by atoms with Gasteiger partial charge in [-0.3, -0.25) is 4.90 Å². The zero-order valence-electron chi connectivity index (χ0n) is 11.8. The molecule has 2 N–H and O–H groups in total. The van der Waals surface area contributed by atoms with Gasteiger partial charge < -0.3 is 15.2 Å². The van der Waals surface area contributed by atoms with E-state index in [9.17, 15) is 8.78 Å². The third-order valence-corrected chi connectivity index (χ3v) is 4.35. The van der Waals surface area contributed by atoms with Crippen LogP contribution in [0.2, 0.25) is 0 Å². The molecule has 1 aromatic carbocycles. The molecular weight excluding hydrogens is 346 g/mol. The molecule has 1 aliphatic rings. The van der Waals surface area contributed by atoms with E-state index in [4.69, 9.17) is 9.84 Å². The van der Waals surface area contributed by atoms with Gasteiger partial charge in [-0.2, -0.15) is 0 Å². The topological polar surface area (TPSA) is 44.7 Å². The third-order valence-electron chi connectivity index (χ3n) is 3.63. The van der Waals surface area contributed by atoms with E-state index in [1.165, 1.54) is 7.11 Å². The lowest BCUT2D eigenvalue weighted by molar-refractivity contribution is -0.118. The third kappa shape index (κ3) is 3.71. The average Bonchev–Trinajstić information content (AvgIpc) is 2.50. The summed E-state index contributed by atoms with van der Waals surface area (Å²) in [4.78, 5) is 1.70. The molecule has 0 unspecified atom stereocenters. The van der Waals surface area contributed by atoms with Crippen molar-refractivity contribution in [3.8, 4) is 5.75 Å². The van der Waals surface area contributed by atoms with E-state index >= 15 is 0 Å². The van der Waals surface area contributed by atoms with Gasteiger partial charge in [0, 0.05) is 30.7 Å². The molecule has 1 atom stereocenters. The Morgan fingerprint density at radius 3 is 2.67 bits per heavy atom. The molecule has 0 saturated carbocycles. The smallest absolute Gasteiger partial charge is 0.289 e. The Labute approximate surface area is 131 Å². The second kappa shape index (κ2) is 7.00. The molecule has 1 aromatic rings. The number of aliphatic hydroxyl groups excluding tert-OH is 1. The van der Waals surface area contributed by atoms with Gasteiger partial charge in [-0.1, -0.05) is 15.9 Å². The fourth-order valence-electron chi connectivity index (χ4n) is 2.58. The van der Waals surface area contributed by atoms with Crippen LogP contribution in [0.4, 0.5) is 8.78 Å². The van der Waals surface area contributed by atoms with Gasteiger partial charge in [0.15, 0.2) is 0 Å². The number of methoxy groups -OCH3 is 1.